The second-order valence-corrected chi connectivity index (χ2v) is 5.09. The molecule has 0 fully saturated rings. The van der Waals surface area contributed by atoms with Crippen molar-refractivity contribution < 1.29 is 0 Å². The van der Waals surface area contributed by atoms with Crippen molar-refractivity contribution in [3.05, 3.63) is 76.1 Å². The normalized spacial score (nSPS) is 10.5. The van der Waals surface area contributed by atoms with Crippen LogP contribution < -0.4 is 10.9 Å². The Morgan fingerprint density at radius 1 is 1.00 bits per heavy atom. The van der Waals surface area contributed by atoms with Gasteiger partial charge < -0.3 is 5.32 Å². The third-order valence-corrected chi connectivity index (χ3v) is 3.37. The van der Waals surface area contributed by atoms with Crippen molar-refractivity contribution in [2.24, 2.45) is 0 Å². The van der Waals surface area contributed by atoms with E-state index in [9.17, 15) is 4.79 Å². The summed E-state index contributed by atoms with van der Waals surface area (Å²) in [5, 5.41) is 8.78. The monoisotopic (exact) mass is 279 g/mol. The zero-order valence-corrected chi connectivity index (χ0v) is 11.8. The number of hydrogen-bond acceptors (Lipinski definition) is 2. The molecule has 0 spiro atoms. The molecule has 1 aromatic heterocycles. The first-order chi connectivity index (χ1) is 10.2. The van der Waals surface area contributed by atoms with E-state index in [1.807, 2.05) is 24.3 Å². The van der Waals surface area contributed by atoms with Crippen LogP contribution in [0.25, 0.3) is 11.3 Å². The van der Waals surface area contributed by atoms with Crippen LogP contribution in [0.2, 0.25) is 0 Å². The zero-order chi connectivity index (χ0) is 14.7. The molecule has 21 heavy (non-hydrogen) atoms. The van der Waals surface area contributed by atoms with E-state index in [4.69, 9.17) is 0 Å². The Labute approximate surface area is 122 Å². The topological polar surface area (TPSA) is 60.7 Å². The number of H-pyrrole nitrogens is 2. The molecule has 1 heterocycles. The van der Waals surface area contributed by atoms with E-state index in [0.717, 1.165) is 23.5 Å². The lowest BCUT2D eigenvalue weighted by atomic mass is 10.1. The van der Waals surface area contributed by atoms with E-state index in [0.29, 0.717) is 0 Å². The van der Waals surface area contributed by atoms with E-state index >= 15 is 0 Å². The highest BCUT2D eigenvalue weighted by Gasteiger charge is 2.01. The molecule has 4 nitrogen and oxygen atoms in total. The Kier molecular flexibility index (Phi) is 3.60. The van der Waals surface area contributed by atoms with Gasteiger partial charge in [-0.2, -0.15) is 0 Å². The first-order valence-corrected chi connectivity index (χ1v) is 6.88. The highest BCUT2D eigenvalue weighted by molar-refractivity contribution is 5.62. The lowest BCUT2D eigenvalue weighted by Gasteiger charge is -2.08. The third-order valence-electron chi connectivity index (χ3n) is 3.37. The van der Waals surface area contributed by atoms with Gasteiger partial charge in [0, 0.05) is 18.3 Å². The Morgan fingerprint density at radius 3 is 2.48 bits per heavy atom. The second-order valence-electron chi connectivity index (χ2n) is 5.09. The fraction of sp³-hybridized carbons (Fsp3) is 0.118. The predicted molar refractivity (Wildman–Crippen MR) is 85.4 cm³/mol. The van der Waals surface area contributed by atoms with Gasteiger partial charge in [-0.05, 0) is 30.2 Å². The van der Waals surface area contributed by atoms with Gasteiger partial charge in [0.25, 0.3) is 5.56 Å². The van der Waals surface area contributed by atoms with Crippen LogP contribution in [0.15, 0.2) is 59.4 Å². The fourth-order valence-corrected chi connectivity index (χ4v) is 2.28. The number of hydrogen-bond donors (Lipinski definition) is 3. The molecule has 106 valence electrons. The van der Waals surface area contributed by atoms with Crippen molar-refractivity contribution in [3.8, 4) is 11.3 Å². The van der Waals surface area contributed by atoms with Gasteiger partial charge in [-0.3, -0.25) is 15.0 Å². The van der Waals surface area contributed by atoms with Crippen LogP contribution in [-0.2, 0) is 6.54 Å². The first kappa shape index (κ1) is 13.2. The molecule has 0 aliphatic rings. The second kappa shape index (κ2) is 5.71. The molecule has 0 aliphatic carbocycles. The summed E-state index contributed by atoms with van der Waals surface area (Å²) in [6, 6.07) is 18.0. The van der Waals surface area contributed by atoms with Crippen LogP contribution in [0.1, 0.15) is 11.1 Å². The van der Waals surface area contributed by atoms with Crippen molar-refractivity contribution in [2.45, 2.75) is 13.5 Å². The quantitative estimate of drug-likeness (QED) is 0.686. The molecule has 3 N–H and O–H groups in total. The lowest BCUT2D eigenvalue weighted by molar-refractivity contribution is 1.06. The number of aryl methyl sites for hydroxylation is 1. The molecule has 0 radical (unpaired) electrons. The number of benzene rings is 2. The van der Waals surface area contributed by atoms with Crippen molar-refractivity contribution in [2.75, 3.05) is 5.32 Å². The molecule has 3 aromatic rings. The molecule has 2 aromatic carbocycles. The Morgan fingerprint density at radius 2 is 1.81 bits per heavy atom. The summed E-state index contributed by atoms with van der Waals surface area (Å²) in [7, 11) is 0. The van der Waals surface area contributed by atoms with E-state index in [-0.39, 0.29) is 5.56 Å². The molecule has 0 aliphatic heterocycles. The molecule has 0 unspecified atom stereocenters. The van der Waals surface area contributed by atoms with Gasteiger partial charge in [0.15, 0.2) is 0 Å². The Balaban J connectivity index is 1.68. The summed E-state index contributed by atoms with van der Waals surface area (Å²) < 4.78 is 0. The van der Waals surface area contributed by atoms with Crippen molar-refractivity contribution in [3.63, 3.8) is 0 Å². The maximum absolute atomic E-state index is 11.1. The zero-order valence-electron chi connectivity index (χ0n) is 11.8. The SMILES string of the molecule is Cc1cccc(CNc2ccc(-c3cc(=O)[nH][nH]3)cc2)c1. The van der Waals surface area contributed by atoms with Crippen LogP contribution in [0.3, 0.4) is 0 Å². The maximum Gasteiger partial charge on any atom is 0.264 e. The highest BCUT2D eigenvalue weighted by Crippen LogP contribution is 2.18. The van der Waals surface area contributed by atoms with Crippen LogP contribution in [0.4, 0.5) is 5.69 Å². The maximum atomic E-state index is 11.1. The molecule has 0 atom stereocenters. The van der Waals surface area contributed by atoms with Gasteiger partial charge in [0.05, 0.1) is 5.69 Å². The van der Waals surface area contributed by atoms with Crippen molar-refractivity contribution in [1.29, 1.82) is 0 Å². The van der Waals surface area contributed by atoms with Gasteiger partial charge in [-0.15, -0.1) is 0 Å². The molecule has 0 bridgehead atoms. The van der Waals surface area contributed by atoms with Crippen molar-refractivity contribution >= 4 is 5.69 Å². The van der Waals surface area contributed by atoms with Gasteiger partial charge in [-0.1, -0.05) is 42.0 Å². The Bertz CT molecular complexity index is 784. The van der Waals surface area contributed by atoms with Gasteiger partial charge in [-0.25, -0.2) is 0 Å². The van der Waals surface area contributed by atoms with Crippen molar-refractivity contribution in [1.82, 2.24) is 10.2 Å². The average Bonchev–Trinajstić information content (AvgIpc) is 2.92. The molecule has 0 saturated carbocycles. The number of rotatable bonds is 4. The molecular weight excluding hydrogens is 262 g/mol. The summed E-state index contributed by atoms with van der Waals surface area (Å²) in [6.07, 6.45) is 0. The summed E-state index contributed by atoms with van der Waals surface area (Å²) in [6.45, 7) is 2.89. The summed E-state index contributed by atoms with van der Waals surface area (Å²) >= 11 is 0. The minimum Gasteiger partial charge on any atom is -0.381 e. The molecule has 4 heteroatoms. The minimum absolute atomic E-state index is 0.119. The number of aromatic nitrogens is 2. The summed E-state index contributed by atoms with van der Waals surface area (Å²) in [5.74, 6) is 0. The van der Waals surface area contributed by atoms with E-state index in [2.05, 4.69) is 46.7 Å². The fourth-order valence-electron chi connectivity index (χ4n) is 2.28. The summed E-state index contributed by atoms with van der Waals surface area (Å²) in [5.41, 5.74) is 5.24. The largest absolute Gasteiger partial charge is 0.381 e. The van der Waals surface area contributed by atoms with Gasteiger partial charge in [0.2, 0.25) is 0 Å². The predicted octanol–water partition coefficient (Wildman–Crippen LogP) is 3.29. The van der Waals surface area contributed by atoms with Crippen LogP contribution in [0, 0.1) is 6.92 Å². The average molecular weight is 279 g/mol. The van der Waals surface area contributed by atoms with Gasteiger partial charge >= 0.3 is 0 Å². The summed E-state index contributed by atoms with van der Waals surface area (Å²) in [4.78, 5) is 11.1. The van der Waals surface area contributed by atoms with Crippen LogP contribution in [0.5, 0.6) is 0 Å². The lowest BCUT2D eigenvalue weighted by Crippen LogP contribution is -1.99. The number of anilines is 1. The van der Waals surface area contributed by atoms with Crippen LogP contribution in [-0.4, -0.2) is 10.2 Å². The standard InChI is InChI=1S/C17H17N3O/c1-12-3-2-4-13(9-12)11-18-15-7-5-14(6-8-15)16-10-17(21)20-19-16/h2-10,18H,11H2,1H3,(H2,19,20,21). The molecule has 0 amide bonds. The van der Waals surface area contributed by atoms with Crippen LogP contribution >= 0.6 is 0 Å². The minimum atomic E-state index is -0.119. The van der Waals surface area contributed by atoms with E-state index in [1.54, 1.807) is 6.07 Å². The molecule has 3 rings (SSSR count). The molecule has 0 saturated heterocycles. The highest BCUT2D eigenvalue weighted by atomic mass is 16.1. The third kappa shape index (κ3) is 3.23. The van der Waals surface area contributed by atoms with Gasteiger partial charge in [0.1, 0.15) is 0 Å². The first-order valence-electron chi connectivity index (χ1n) is 6.88. The number of nitrogens with one attached hydrogen (secondary N) is 3. The molecular formula is C17H17N3O. The van der Waals surface area contributed by atoms with E-state index in [1.165, 1.54) is 11.1 Å². The smallest absolute Gasteiger partial charge is 0.264 e. The number of aromatic amines is 2. The van der Waals surface area contributed by atoms with E-state index < -0.39 is 0 Å². The Hall–Kier alpha value is -2.75.